The fourth-order valence-corrected chi connectivity index (χ4v) is 5.75. The summed E-state index contributed by atoms with van der Waals surface area (Å²) in [5.41, 5.74) is 1.73. The fourth-order valence-electron chi connectivity index (χ4n) is 4.69. The Bertz CT molecular complexity index is 1680. The van der Waals surface area contributed by atoms with Gasteiger partial charge in [-0.25, -0.2) is 0 Å². The molecule has 0 aromatic heterocycles. The maximum Gasteiger partial charge on any atom is 0.305 e. The van der Waals surface area contributed by atoms with Gasteiger partial charge < -0.3 is 20.5 Å². The fraction of sp³-hybridized carbons (Fsp3) is 0.182. The van der Waals surface area contributed by atoms with E-state index in [2.05, 4.69) is 26.6 Å². The van der Waals surface area contributed by atoms with Crippen LogP contribution in [0.3, 0.4) is 0 Å². The number of amides is 2. The Balaban J connectivity index is 1.37. The number of carbonyl (C=O) groups is 3. The molecule has 10 heteroatoms. The molecule has 0 aliphatic heterocycles. The smallest absolute Gasteiger partial charge is 0.305 e. The second kappa shape index (κ2) is 12.4. The Hall–Kier alpha value is -3.85. The largest absolute Gasteiger partial charge is 0.481 e. The Kier molecular flexibility index (Phi) is 8.83. The molecular weight excluding hydrogens is 655 g/mol. The van der Waals surface area contributed by atoms with E-state index in [1.165, 1.54) is 0 Å². The summed E-state index contributed by atoms with van der Waals surface area (Å²) in [5.74, 6) is -0.682. The zero-order valence-corrected chi connectivity index (χ0v) is 26.0. The minimum absolute atomic E-state index is 0.153. The van der Waals surface area contributed by atoms with E-state index in [1.807, 2.05) is 66.7 Å². The highest BCUT2D eigenvalue weighted by Crippen LogP contribution is 2.64. The molecule has 2 amide bonds. The summed E-state index contributed by atoms with van der Waals surface area (Å²) >= 11 is 15.7. The van der Waals surface area contributed by atoms with Crippen LogP contribution < -0.4 is 15.4 Å². The Labute approximate surface area is 267 Å². The predicted molar refractivity (Wildman–Crippen MR) is 171 cm³/mol. The number of carboxylic acids is 1. The molecule has 3 N–H and O–H groups in total. The van der Waals surface area contributed by atoms with E-state index in [0.717, 1.165) is 11.1 Å². The number of hydrogen-bond acceptors (Lipinski definition) is 4. The third-order valence-corrected chi connectivity index (χ3v) is 8.99. The van der Waals surface area contributed by atoms with Crippen LogP contribution in [0.2, 0.25) is 0 Å². The van der Waals surface area contributed by atoms with Crippen LogP contribution in [0.4, 0.5) is 5.69 Å². The minimum atomic E-state index is -1.18. The number of alkyl halides is 2. The monoisotopic (exact) mass is 680 g/mol. The average Bonchev–Trinajstić information content (AvgIpc) is 3.52. The van der Waals surface area contributed by atoms with Crippen molar-refractivity contribution in [2.45, 2.75) is 30.1 Å². The van der Waals surface area contributed by atoms with E-state index in [9.17, 15) is 19.5 Å². The van der Waals surface area contributed by atoms with Crippen molar-refractivity contribution in [3.8, 4) is 22.6 Å². The number of rotatable bonds is 10. The molecule has 0 heterocycles. The van der Waals surface area contributed by atoms with Gasteiger partial charge in [-0.2, -0.15) is 0 Å². The van der Waals surface area contributed by atoms with Gasteiger partial charge in [0.1, 0.15) is 15.8 Å². The summed E-state index contributed by atoms with van der Waals surface area (Å²) in [4.78, 5) is 38.2. The Morgan fingerprint density at radius 1 is 0.953 bits per heavy atom. The molecule has 0 spiro atoms. The lowest BCUT2D eigenvalue weighted by molar-refractivity contribution is -0.137. The number of nitrogens with one attached hydrogen (secondary N) is 2. The molecule has 0 saturated heterocycles. The van der Waals surface area contributed by atoms with Gasteiger partial charge in [-0.05, 0) is 60.9 Å². The SMILES string of the molecule is CC1(C(=O)Nc2ccc(Br)cc2C(=O)NC(CC(=O)O)c2ccc(-c3ccccc3Oc3ccccc3)cc2)CC1(Cl)Cl. The minimum Gasteiger partial charge on any atom is -0.481 e. The van der Waals surface area contributed by atoms with E-state index in [4.69, 9.17) is 27.9 Å². The molecule has 2 unspecified atom stereocenters. The van der Waals surface area contributed by atoms with Gasteiger partial charge in [-0.15, -0.1) is 23.2 Å². The zero-order chi connectivity index (χ0) is 30.8. The van der Waals surface area contributed by atoms with Crippen molar-refractivity contribution >= 4 is 62.6 Å². The highest BCUT2D eigenvalue weighted by atomic mass is 79.9. The van der Waals surface area contributed by atoms with E-state index < -0.39 is 33.6 Å². The first-order chi connectivity index (χ1) is 20.5. The van der Waals surface area contributed by atoms with E-state index >= 15 is 0 Å². The first kappa shape index (κ1) is 30.6. The molecule has 43 heavy (non-hydrogen) atoms. The van der Waals surface area contributed by atoms with Crippen molar-refractivity contribution in [2.75, 3.05) is 5.32 Å². The number of aliphatic carboxylic acids is 1. The standard InChI is InChI=1S/C33H27BrCl2N2O5/c1-32(19-33(32,35)36)31(42)38-26-16-15-22(34)17-25(26)30(41)37-27(18-29(39)40)21-13-11-20(12-14-21)24-9-5-6-10-28(24)43-23-7-3-2-4-8-23/h2-17,27H,18-19H2,1H3,(H,37,41)(H,38,42)(H,39,40). The van der Waals surface area contributed by atoms with Crippen molar-refractivity contribution in [3.05, 3.63) is 113 Å². The topological polar surface area (TPSA) is 105 Å². The summed E-state index contributed by atoms with van der Waals surface area (Å²) in [5, 5.41) is 15.2. The van der Waals surface area contributed by atoms with Crippen LogP contribution in [0.5, 0.6) is 11.5 Å². The number of halogens is 3. The van der Waals surface area contributed by atoms with Crippen LogP contribution in [0.1, 0.15) is 41.7 Å². The number of para-hydroxylation sites is 2. The van der Waals surface area contributed by atoms with Crippen LogP contribution in [0, 0.1) is 5.41 Å². The van der Waals surface area contributed by atoms with Crippen molar-refractivity contribution < 1.29 is 24.2 Å². The lowest BCUT2D eigenvalue weighted by atomic mass is 9.98. The first-order valence-corrected chi connectivity index (χ1v) is 15.0. The zero-order valence-electron chi connectivity index (χ0n) is 22.9. The molecule has 7 nitrogen and oxygen atoms in total. The van der Waals surface area contributed by atoms with Gasteiger partial charge in [-0.1, -0.05) is 76.6 Å². The molecule has 0 bridgehead atoms. The van der Waals surface area contributed by atoms with Gasteiger partial charge in [0.15, 0.2) is 0 Å². The first-order valence-electron chi connectivity index (χ1n) is 13.4. The number of carbonyl (C=O) groups excluding carboxylic acids is 2. The van der Waals surface area contributed by atoms with Crippen molar-refractivity contribution in [2.24, 2.45) is 5.41 Å². The predicted octanol–water partition coefficient (Wildman–Crippen LogP) is 8.38. The molecule has 1 fully saturated rings. The van der Waals surface area contributed by atoms with E-state index in [-0.39, 0.29) is 24.1 Å². The maximum absolute atomic E-state index is 13.5. The van der Waals surface area contributed by atoms with Crippen LogP contribution in [0.25, 0.3) is 11.1 Å². The van der Waals surface area contributed by atoms with Gasteiger partial charge in [-0.3, -0.25) is 14.4 Å². The molecule has 1 saturated carbocycles. The lowest BCUT2D eigenvalue weighted by Gasteiger charge is -2.20. The van der Waals surface area contributed by atoms with Gasteiger partial charge in [0.2, 0.25) is 5.91 Å². The summed E-state index contributed by atoms with van der Waals surface area (Å²) < 4.78 is 5.52. The molecule has 0 radical (unpaired) electrons. The number of carboxylic acid groups (broad SMARTS) is 1. The molecule has 4 aromatic carbocycles. The third-order valence-electron chi connectivity index (χ3n) is 7.40. The number of hydrogen-bond donors (Lipinski definition) is 3. The molecule has 1 aliphatic rings. The van der Waals surface area contributed by atoms with Gasteiger partial charge in [0.05, 0.1) is 29.1 Å². The number of ether oxygens (including phenoxy) is 1. The molecular formula is C33H27BrCl2N2O5. The van der Waals surface area contributed by atoms with Crippen molar-refractivity contribution in [3.63, 3.8) is 0 Å². The molecule has 1 aliphatic carbocycles. The summed E-state index contributed by atoms with van der Waals surface area (Å²) in [6, 6.07) is 28.3. The van der Waals surface area contributed by atoms with Crippen LogP contribution >= 0.6 is 39.1 Å². The molecule has 2 atom stereocenters. The lowest BCUT2D eigenvalue weighted by Crippen LogP contribution is -2.32. The quantitative estimate of drug-likeness (QED) is 0.146. The maximum atomic E-state index is 13.5. The van der Waals surface area contributed by atoms with Gasteiger partial charge >= 0.3 is 5.97 Å². The third kappa shape index (κ3) is 6.88. The molecule has 5 rings (SSSR count). The Morgan fingerprint density at radius 3 is 2.26 bits per heavy atom. The van der Waals surface area contributed by atoms with Crippen molar-refractivity contribution in [1.82, 2.24) is 5.32 Å². The van der Waals surface area contributed by atoms with Gasteiger partial charge in [0.25, 0.3) is 5.91 Å². The normalized spacial score (nSPS) is 17.4. The summed E-state index contributed by atoms with van der Waals surface area (Å²) in [6.45, 7) is 1.65. The van der Waals surface area contributed by atoms with Crippen LogP contribution in [-0.2, 0) is 9.59 Å². The number of benzene rings is 4. The highest BCUT2D eigenvalue weighted by Gasteiger charge is 2.68. The van der Waals surface area contributed by atoms with Crippen LogP contribution in [-0.4, -0.2) is 27.2 Å². The highest BCUT2D eigenvalue weighted by molar-refractivity contribution is 9.10. The van der Waals surface area contributed by atoms with Crippen molar-refractivity contribution in [1.29, 1.82) is 0 Å². The number of anilines is 1. The second-order valence-corrected chi connectivity index (χ2v) is 12.9. The Morgan fingerprint density at radius 2 is 1.60 bits per heavy atom. The van der Waals surface area contributed by atoms with Gasteiger partial charge in [0, 0.05) is 10.0 Å². The summed E-state index contributed by atoms with van der Waals surface area (Å²) in [6.07, 6.45) is -0.0693. The molecule has 4 aromatic rings. The van der Waals surface area contributed by atoms with E-state index in [0.29, 0.717) is 21.5 Å². The summed E-state index contributed by atoms with van der Waals surface area (Å²) in [7, 11) is 0. The average molecular weight is 682 g/mol. The second-order valence-electron chi connectivity index (χ2n) is 10.5. The van der Waals surface area contributed by atoms with E-state index in [1.54, 1.807) is 37.3 Å². The van der Waals surface area contributed by atoms with Crippen LogP contribution in [0.15, 0.2) is 102 Å². The molecule has 220 valence electrons.